The predicted molar refractivity (Wildman–Crippen MR) is 51.1 cm³/mol. The van der Waals surface area contributed by atoms with E-state index in [1.807, 2.05) is 6.08 Å². The van der Waals surface area contributed by atoms with Gasteiger partial charge in [-0.05, 0) is 31.3 Å². The first-order valence-corrected chi connectivity index (χ1v) is 4.50. The maximum Gasteiger partial charge on any atom is 0.158 e. The second-order valence-electron chi connectivity index (χ2n) is 3.10. The van der Waals surface area contributed by atoms with Crippen LogP contribution in [0.4, 0.5) is 0 Å². The molecule has 0 N–H and O–H groups in total. The molecule has 0 aromatic carbocycles. The minimum absolute atomic E-state index is 0.211. The van der Waals surface area contributed by atoms with Crippen molar-refractivity contribution < 1.29 is 10.3 Å². The van der Waals surface area contributed by atoms with Crippen molar-refractivity contribution in [2.24, 2.45) is 0 Å². The summed E-state index contributed by atoms with van der Waals surface area (Å²) in [7, 11) is 0. The summed E-state index contributed by atoms with van der Waals surface area (Å²) in [5, 5.41) is 0. The summed E-state index contributed by atoms with van der Waals surface area (Å²) in [6.45, 7) is -1.44. The Bertz CT molecular complexity index is 284. The van der Waals surface area contributed by atoms with Crippen molar-refractivity contribution in [1.82, 2.24) is 0 Å². The summed E-state index contributed by atoms with van der Waals surface area (Å²) in [5.74, 6) is 0.224. The van der Waals surface area contributed by atoms with E-state index in [9.17, 15) is 4.79 Å². The van der Waals surface area contributed by atoms with Gasteiger partial charge in [-0.1, -0.05) is 25.7 Å². The van der Waals surface area contributed by atoms with Gasteiger partial charge in [0.2, 0.25) is 0 Å². The quantitative estimate of drug-likeness (QED) is 0.467. The van der Waals surface area contributed by atoms with Crippen LogP contribution in [0.2, 0.25) is 0 Å². The molecule has 1 heteroatoms. The van der Waals surface area contributed by atoms with Crippen molar-refractivity contribution >= 4 is 5.78 Å². The molecule has 1 rings (SSSR count). The summed E-state index contributed by atoms with van der Waals surface area (Å²) in [4.78, 5) is 11.3. The van der Waals surface area contributed by atoms with Crippen LogP contribution in [-0.2, 0) is 4.79 Å². The van der Waals surface area contributed by atoms with E-state index in [-0.39, 0.29) is 12.2 Å². The molecule has 1 aliphatic carbocycles. The Kier molecular flexibility index (Phi) is 2.22. The Morgan fingerprint density at radius 3 is 3.17 bits per heavy atom. The smallest absolute Gasteiger partial charge is 0.158 e. The second kappa shape index (κ2) is 5.13. The van der Waals surface area contributed by atoms with E-state index in [2.05, 4.69) is 0 Å². The fourth-order valence-corrected chi connectivity index (χ4v) is 1.44. The molecular weight excluding hydrogens is 148 g/mol. The van der Waals surface area contributed by atoms with Crippen LogP contribution in [0.5, 0.6) is 0 Å². The molecule has 0 radical (unpaired) electrons. The highest BCUT2D eigenvalue weighted by Gasteiger charge is 2.15. The molecule has 0 saturated heterocycles. The molecule has 0 amide bonds. The number of ketones is 1. The lowest BCUT2D eigenvalue weighted by Gasteiger charge is -1.95. The summed E-state index contributed by atoms with van der Waals surface area (Å²) >= 11 is 0. The highest BCUT2D eigenvalue weighted by atomic mass is 16.1. The first kappa shape index (κ1) is 5.21. The van der Waals surface area contributed by atoms with E-state index in [4.69, 9.17) is 5.48 Å². The molecule has 0 heterocycles. The van der Waals surface area contributed by atoms with Crippen LogP contribution in [0.1, 0.15) is 57.3 Å². The number of carbonyl (C=O) groups is 1. The standard InChI is InChI=1S/C11H18O/c1-2-3-4-5-7-10-8-6-9-11(10)12/h7H,2-6,8-9H2,1H3/b10-7-/i1D2,2D2. The lowest BCUT2D eigenvalue weighted by atomic mass is 10.1. The first-order valence-electron chi connectivity index (χ1n) is 6.66. The van der Waals surface area contributed by atoms with E-state index in [0.717, 1.165) is 18.4 Å². The van der Waals surface area contributed by atoms with Gasteiger partial charge in [0, 0.05) is 11.9 Å². The van der Waals surface area contributed by atoms with Gasteiger partial charge in [-0.25, -0.2) is 0 Å². The van der Waals surface area contributed by atoms with Crippen LogP contribution in [0.3, 0.4) is 0 Å². The normalized spacial score (nSPS) is 27.1. The SMILES string of the molecule is [2H]C([2H])C([2H])([2H])CCC/C=C1/CCCC1=O. The van der Waals surface area contributed by atoms with Crippen LogP contribution in [0, 0.1) is 0 Å². The van der Waals surface area contributed by atoms with Gasteiger partial charge in [-0.15, -0.1) is 0 Å². The predicted octanol–water partition coefficient (Wildman–Crippen LogP) is 3.25. The summed E-state index contributed by atoms with van der Waals surface area (Å²) in [5.41, 5.74) is 0.883. The van der Waals surface area contributed by atoms with Crippen LogP contribution in [0.25, 0.3) is 0 Å². The van der Waals surface area contributed by atoms with Crippen LogP contribution in [-0.4, -0.2) is 5.78 Å². The second-order valence-corrected chi connectivity index (χ2v) is 3.10. The highest BCUT2D eigenvalue weighted by Crippen LogP contribution is 2.21. The molecule has 0 atom stereocenters. The summed E-state index contributed by atoms with van der Waals surface area (Å²) in [6, 6.07) is 0. The van der Waals surface area contributed by atoms with Crippen LogP contribution >= 0.6 is 0 Å². The fourth-order valence-electron chi connectivity index (χ4n) is 1.44. The zero-order chi connectivity index (χ0) is 12.2. The molecule has 1 aliphatic rings. The Morgan fingerprint density at radius 1 is 1.58 bits per heavy atom. The van der Waals surface area contributed by atoms with Crippen molar-refractivity contribution in [3.8, 4) is 0 Å². The third-order valence-corrected chi connectivity index (χ3v) is 2.12. The molecule has 0 aliphatic heterocycles. The van der Waals surface area contributed by atoms with Gasteiger partial charge in [-0.3, -0.25) is 4.79 Å². The molecule has 0 aromatic heterocycles. The molecule has 0 unspecified atom stereocenters. The highest BCUT2D eigenvalue weighted by molar-refractivity contribution is 5.97. The Morgan fingerprint density at radius 2 is 2.50 bits per heavy atom. The van der Waals surface area contributed by atoms with Crippen molar-refractivity contribution in [3.05, 3.63) is 11.6 Å². The van der Waals surface area contributed by atoms with Gasteiger partial charge >= 0.3 is 0 Å². The number of hydrogen-bond donors (Lipinski definition) is 0. The number of Topliss-reactive ketones (excluding diaryl/α,β-unsaturated/α-hetero) is 1. The topological polar surface area (TPSA) is 17.1 Å². The van der Waals surface area contributed by atoms with Crippen molar-refractivity contribution in [1.29, 1.82) is 0 Å². The summed E-state index contributed by atoms with van der Waals surface area (Å²) < 4.78 is 28.9. The lowest BCUT2D eigenvalue weighted by Crippen LogP contribution is -1.90. The number of rotatable bonds is 4. The third kappa shape index (κ3) is 2.80. The third-order valence-electron chi connectivity index (χ3n) is 2.12. The minimum atomic E-state index is -1.74. The largest absolute Gasteiger partial charge is 0.295 e. The molecule has 0 bridgehead atoms. The average molecular weight is 170 g/mol. The molecule has 0 aromatic rings. The van der Waals surface area contributed by atoms with Gasteiger partial charge in [-0.2, -0.15) is 0 Å². The lowest BCUT2D eigenvalue weighted by molar-refractivity contribution is -0.114. The molecule has 1 saturated carbocycles. The Labute approximate surface area is 80.5 Å². The van der Waals surface area contributed by atoms with E-state index >= 15 is 0 Å². The maximum absolute atomic E-state index is 11.3. The van der Waals surface area contributed by atoms with Crippen molar-refractivity contribution in [3.63, 3.8) is 0 Å². The van der Waals surface area contributed by atoms with Crippen LogP contribution in [0.15, 0.2) is 11.6 Å². The monoisotopic (exact) mass is 170 g/mol. The zero-order valence-corrected chi connectivity index (χ0v) is 7.31. The van der Waals surface area contributed by atoms with Gasteiger partial charge < -0.3 is 0 Å². The van der Waals surface area contributed by atoms with E-state index in [1.165, 1.54) is 0 Å². The number of carbonyl (C=O) groups excluding carboxylic acids is 1. The molecule has 0 spiro atoms. The van der Waals surface area contributed by atoms with Crippen molar-refractivity contribution in [2.45, 2.75) is 51.8 Å². The average Bonchev–Trinajstić information content (AvgIpc) is 2.59. The summed E-state index contributed by atoms with van der Waals surface area (Å²) in [6.07, 6.45) is 4.08. The van der Waals surface area contributed by atoms with Gasteiger partial charge in [0.05, 0.1) is 0 Å². The molecule has 12 heavy (non-hydrogen) atoms. The molecule has 1 fully saturated rings. The first-order chi connectivity index (χ1) is 7.43. The van der Waals surface area contributed by atoms with Gasteiger partial charge in [0.1, 0.15) is 0 Å². The van der Waals surface area contributed by atoms with Crippen molar-refractivity contribution in [2.75, 3.05) is 0 Å². The number of allylic oxidation sites excluding steroid dienone is 2. The fraction of sp³-hybridized carbons (Fsp3) is 0.727. The van der Waals surface area contributed by atoms with E-state index < -0.39 is 13.2 Å². The maximum atomic E-state index is 11.3. The zero-order valence-electron chi connectivity index (χ0n) is 11.3. The number of hydrogen-bond acceptors (Lipinski definition) is 1. The minimum Gasteiger partial charge on any atom is -0.295 e. The van der Waals surface area contributed by atoms with Gasteiger partial charge in [0.25, 0.3) is 0 Å². The number of unbranched alkanes of at least 4 members (excludes halogenated alkanes) is 1. The van der Waals surface area contributed by atoms with E-state index in [1.54, 1.807) is 0 Å². The Hall–Kier alpha value is -0.590. The molecular formula is C11H18O. The molecule has 1 nitrogen and oxygen atoms in total. The molecule has 68 valence electrons. The van der Waals surface area contributed by atoms with E-state index in [0.29, 0.717) is 19.3 Å². The van der Waals surface area contributed by atoms with Crippen LogP contribution < -0.4 is 0 Å². The van der Waals surface area contributed by atoms with Gasteiger partial charge in [0.15, 0.2) is 5.78 Å². The Balaban J connectivity index is 2.29.